The highest BCUT2D eigenvalue weighted by molar-refractivity contribution is 7.92. The van der Waals surface area contributed by atoms with Crippen LogP contribution in [0, 0.1) is 17.5 Å². The lowest BCUT2D eigenvalue weighted by Gasteiger charge is -2.28. The lowest BCUT2D eigenvalue weighted by molar-refractivity contribution is -0.129. The number of sulfonamides is 1. The Kier molecular flexibility index (Phi) is 4.66. The second kappa shape index (κ2) is 6.64. The van der Waals surface area contributed by atoms with E-state index in [0.717, 1.165) is 11.6 Å². The van der Waals surface area contributed by atoms with Crippen LogP contribution in [0.15, 0.2) is 35.2 Å². The minimum Gasteiger partial charge on any atom is -0.338 e. The molecule has 3 rings (SSSR count). The molecule has 0 fully saturated rings. The minimum absolute atomic E-state index is 0.120. The predicted molar refractivity (Wildman–Crippen MR) is 88.4 cm³/mol. The largest absolute Gasteiger partial charge is 0.338 e. The number of hydrogen-bond donors (Lipinski definition) is 1. The molecule has 1 N–H and O–H groups in total. The van der Waals surface area contributed by atoms with Crippen molar-refractivity contribution in [3.05, 3.63) is 58.9 Å². The van der Waals surface area contributed by atoms with Crippen LogP contribution in [0.5, 0.6) is 0 Å². The molecule has 0 unspecified atom stereocenters. The van der Waals surface area contributed by atoms with E-state index < -0.39 is 33.2 Å². The van der Waals surface area contributed by atoms with Crippen LogP contribution in [-0.4, -0.2) is 25.8 Å². The zero-order chi connectivity index (χ0) is 19.1. The molecule has 0 aromatic heterocycles. The first kappa shape index (κ1) is 18.2. The molecule has 0 bridgehead atoms. The van der Waals surface area contributed by atoms with Crippen LogP contribution in [0.4, 0.5) is 18.9 Å². The Bertz CT molecular complexity index is 993. The number of carbonyl (C=O) groups excluding carboxylic acids is 1. The smallest absolute Gasteiger partial charge is 0.261 e. The van der Waals surface area contributed by atoms with Gasteiger partial charge in [-0.3, -0.25) is 9.52 Å². The van der Waals surface area contributed by atoms with Crippen LogP contribution in [0.1, 0.15) is 18.1 Å². The van der Waals surface area contributed by atoms with Gasteiger partial charge in [0.05, 0.1) is 10.6 Å². The van der Waals surface area contributed by atoms with Gasteiger partial charge in [-0.05, 0) is 41.8 Å². The third kappa shape index (κ3) is 3.39. The van der Waals surface area contributed by atoms with Crippen molar-refractivity contribution >= 4 is 21.6 Å². The average molecular weight is 384 g/mol. The standard InChI is InChI=1S/C17H15F3N2O3S/c1-10(23)22-7-6-11-2-3-13(8-12(11)9-22)26(24,25)21-15-5-4-14(18)16(19)17(15)20/h2-5,8,21H,6-7,9H2,1H3. The van der Waals surface area contributed by atoms with Crippen molar-refractivity contribution in [1.29, 1.82) is 0 Å². The van der Waals surface area contributed by atoms with E-state index in [2.05, 4.69) is 0 Å². The summed E-state index contributed by atoms with van der Waals surface area (Å²) < 4.78 is 66.9. The summed E-state index contributed by atoms with van der Waals surface area (Å²) in [7, 11) is -4.22. The summed E-state index contributed by atoms with van der Waals surface area (Å²) in [6.07, 6.45) is 0.598. The fourth-order valence-electron chi connectivity index (χ4n) is 2.78. The fourth-order valence-corrected chi connectivity index (χ4v) is 3.89. The van der Waals surface area contributed by atoms with Gasteiger partial charge in [0, 0.05) is 20.0 Å². The van der Waals surface area contributed by atoms with Gasteiger partial charge in [-0.25, -0.2) is 21.6 Å². The molecule has 1 aliphatic rings. The van der Waals surface area contributed by atoms with Crippen molar-refractivity contribution in [3.63, 3.8) is 0 Å². The first-order valence-corrected chi connectivity index (χ1v) is 9.21. The first-order valence-electron chi connectivity index (χ1n) is 7.72. The quantitative estimate of drug-likeness (QED) is 0.828. The predicted octanol–water partition coefficient (Wildman–Crippen LogP) is 2.81. The van der Waals surface area contributed by atoms with Crippen molar-refractivity contribution in [1.82, 2.24) is 4.90 Å². The van der Waals surface area contributed by atoms with E-state index >= 15 is 0 Å². The van der Waals surface area contributed by atoms with E-state index in [1.54, 1.807) is 11.0 Å². The van der Waals surface area contributed by atoms with Gasteiger partial charge in [-0.1, -0.05) is 6.07 Å². The molecule has 0 saturated carbocycles. The summed E-state index contributed by atoms with van der Waals surface area (Å²) >= 11 is 0. The summed E-state index contributed by atoms with van der Waals surface area (Å²) in [5, 5.41) is 0. The zero-order valence-corrected chi connectivity index (χ0v) is 14.5. The van der Waals surface area contributed by atoms with E-state index in [4.69, 9.17) is 0 Å². The second-order valence-corrected chi connectivity index (χ2v) is 7.63. The maximum absolute atomic E-state index is 13.7. The normalized spacial score (nSPS) is 14.1. The molecular formula is C17H15F3N2O3S. The lowest BCUT2D eigenvalue weighted by atomic mass is 10.00. The number of nitrogens with one attached hydrogen (secondary N) is 1. The van der Waals surface area contributed by atoms with Gasteiger partial charge in [0.15, 0.2) is 17.5 Å². The minimum atomic E-state index is -4.22. The van der Waals surface area contributed by atoms with Crippen molar-refractivity contribution < 1.29 is 26.4 Å². The molecule has 0 saturated heterocycles. The molecule has 1 heterocycles. The number of benzene rings is 2. The third-order valence-electron chi connectivity index (χ3n) is 4.23. The Labute approximate surface area is 148 Å². The van der Waals surface area contributed by atoms with Gasteiger partial charge >= 0.3 is 0 Å². The number of rotatable bonds is 3. The molecule has 0 aliphatic carbocycles. The van der Waals surface area contributed by atoms with Gasteiger partial charge in [-0.2, -0.15) is 0 Å². The molecule has 0 spiro atoms. The molecule has 1 amide bonds. The highest BCUT2D eigenvalue weighted by atomic mass is 32.2. The van der Waals surface area contributed by atoms with Crippen molar-refractivity contribution in [2.45, 2.75) is 24.8 Å². The zero-order valence-electron chi connectivity index (χ0n) is 13.7. The molecule has 138 valence electrons. The number of halogens is 3. The highest BCUT2D eigenvalue weighted by Crippen LogP contribution is 2.26. The maximum Gasteiger partial charge on any atom is 0.261 e. The van der Waals surface area contributed by atoms with E-state index in [9.17, 15) is 26.4 Å². The molecule has 26 heavy (non-hydrogen) atoms. The Morgan fingerprint density at radius 1 is 1.08 bits per heavy atom. The van der Waals surface area contributed by atoms with Gasteiger partial charge in [0.25, 0.3) is 10.0 Å². The Balaban J connectivity index is 1.92. The molecule has 1 aliphatic heterocycles. The van der Waals surface area contributed by atoms with Crippen molar-refractivity contribution in [2.24, 2.45) is 0 Å². The summed E-state index contributed by atoms with van der Waals surface area (Å²) in [4.78, 5) is 12.9. The van der Waals surface area contributed by atoms with Crippen molar-refractivity contribution in [2.75, 3.05) is 11.3 Å². The summed E-state index contributed by atoms with van der Waals surface area (Å²) in [5.74, 6) is -4.91. The lowest BCUT2D eigenvalue weighted by Crippen LogP contribution is -2.34. The fraction of sp³-hybridized carbons (Fsp3) is 0.235. The summed E-state index contributed by atoms with van der Waals surface area (Å²) in [5.41, 5.74) is 0.896. The molecule has 0 atom stereocenters. The maximum atomic E-state index is 13.7. The van der Waals surface area contributed by atoms with Crippen LogP contribution in [0.25, 0.3) is 0 Å². The van der Waals surface area contributed by atoms with Crippen LogP contribution in [0.3, 0.4) is 0 Å². The van der Waals surface area contributed by atoms with Crippen molar-refractivity contribution in [3.8, 4) is 0 Å². The van der Waals surface area contributed by atoms with Gasteiger partial charge in [0.1, 0.15) is 0 Å². The summed E-state index contributed by atoms with van der Waals surface area (Å²) in [6, 6.07) is 5.81. The van der Waals surface area contributed by atoms with Crippen LogP contribution >= 0.6 is 0 Å². The first-order chi connectivity index (χ1) is 12.2. The number of anilines is 1. The van der Waals surface area contributed by atoms with E-state index in [0.29, 0.717) is 24.6 Å². The SMILES string of the molecule is CC(=O)N1CCc2ccc(S(=O)(=O)Nc3ccc(F)c(F)c3F)cc2C1. The summed E-state index contributed by atoms with van der Waals surface area (Å²) in [6.45, 7) is 2.25. The molecule has 2 aromatic carbocycles. The Morgan fingerprint density at radius 3 is 2.50 bits per heavy atom. The van der Waals surface area contributed by atoms with Gasteiger partial charge < -0.3 is 4.90 Å². The van der Waals surface area contributed by atoms with Crippen LogP contribution in [-0.2, 0) is 27.8 Å². The van der Waals surface area contributed by atoms with E-state index in [1.165, 1.54) is 19.1 Å². The molecule has 9 heteroatoms. The topological polar surface area (TPSA) is 66.5 Å². The number of carbonyl (C=O) groups is 1. The number of fused-ring (bicyclic) bond motifs is 1. The number of amides is 1. The second-order valence-electron chi connectivity index (χ2n) is 5.95. The monoisotopic (exact) mass is 384 g/mol. The van der Waals surface area contributed by atoms with Gasteiger partial charge in [-0.15, -0.1) is 0 Å². The molecule has 2 aromatic rings. The van der Waals surface area contributed by atoms with Crippen LogP contribution < -0.4 is 4.72 Å². The molecule has 0 radical (unpaired) electrons. The van der Waals surface area contributed by atoms with Crippen LogP contribution in [0.2, 0.25) is 0 Å². The Hall–Kier alpha value is -2.55. The highest BCUT2D eigenvalue weighted by Gasteiger charge is 2.23. The van der Waals surface area contributed by atoms with Gasteiger partial charge in [0.2, 0.25) is 5.91 Å². The van der Waals surface area contributed by atoms with E-state index in [-0.39, 0.29) is 17.3 Å². The third-order valence-corrected chi connectivity index (χ3v) is 5.59. The Morgan fingerprint density at radius 2 is 1.81 bits per heavy atom. The van der Waals surface area contributed by atoms with E-state index in [1.807, 2.05) is 4.72 Å². The molecular weight excluding hydrogens is 369 g/mol. The molecule has 5 nitrogen and oxygen atoms in total. The average Bonchev–Trinajstić information content (AvgIpc) is 2.61. The number of hydrogen-bond acceptors (Lipinski definition) is 3. The number of nitrogens with zero attached hydrogens (tertiary/aromatic N) is 1.